The summed E-state index contributed by atoms with van der Waals surface area (Å²) in [6, 6.07) is 0. The second kappa shape index (κ2) is 33.4. The van der Waals surface area contributed by atoms with E-state index in [1.165, 1.54) is 18.2 Å². The minimum Gasteiger partial charge on any atom is -0.394 e. The predicted molar refractivity (Wildman–Crippen MR) is 183 cm³/mol. The summed E-state index contributed by atoms with van der Waals surface area (Å²) in [6.45, 7) is 0.0521. The maximum atomic E-state index is 11.8. The highest BCUT2D eigenvalue weighted by Gasteiger charge is 2.02. The van der Waals surface area contributed by atoms with Gasteiger partial charge in [-0.2, -0.15) is 4.89 Å². The lowest BCUT2D eigenvalue weighted by atomic mass is 10.8. The van der Waals surface area contributed by atoms with E-state index >= 15 is 0 Å². The molecule has 0 heterocycles. The van der Waals surface area contributed by atoms with E-state index in [0.717, 1.165) is 35.6 Å². The molecule has 0 aromatic carbocycles. The van der Waals surface area contributed by atoms with Crippen molar-refractivity contribution in [1.29, 1.82) is 0 Å². The molecule has 0 fully saturated rings. The van der Waals surface area contributed by atoms with Crippen molar-refractivity contribution in [3.8, 4) is 0 Å². The Morgan fingerprint density at radius 2 is 1.53 bits per heavy atom. The Bertz CT molecular complexity index is 582. The van der Waals surface area contributed by atoms with Gasteiger partial charge in [-0.05, 0) is 6.26 Å². The van der Waals surface area contributed by atoms with Crippen LogP contribution in [0.5, 0.6) is 0 Å². The molecular weight excluding hydrogens is 679 g/mol. The normalized spacial score (nSPS) is 12.5. The Balaban J connectivity index is 3.26. The SMILES string of the molecule is CSC/N=C\S(=O)CSCSCSCSCSC(=O)NCSCSCSCSC/N=C/OOCCO. The lowest BCUT2D eigenvalue weighted by Crippen LogP contribution is -2.17. The predicted octanol–water partition coefficient (Wildman–Crippen LogP) is 5.94. The van der Waals surface area contributed by atoms with Crippen molar-refractivity contribution in [2.24, 2.45) is 9.98 Å². The van der Waals surface area contributed by atoms with Crippen LogP contribution < -0.4 is 5.32 Å². The summed E-state index contributed by atoms with van der Waals surface area (Å²) >= 11 is 17.1. The third-order valence-electron chi connectivity index (χ3n) is 2.71. The van der Waals surface area contributed by atoms with Gasteiger partial charge in [-0.15, -0.1) is 106 Å². The maximum Gasteiger partial charge on any atom is 0.280 e. The van der Waals surface area contributed by atoms with Crippen LogP contribution in [0.25, 0.3) is 0 Å². The summed E-state index contributed by atoms with van der Waals surface area (Å²) in [5, 5.41) is 18.6. The van der Waals surface area contributed by atoms with Gasteiger partial charge in [0.1, 0.15) is 6.61 Å². The van der Waals surface area contributed by atoms with Crippen LogP contribution in [-0.2, 0) is 20.6 Å². The number of aliphatic hydroxyl groups is 1. The fourth-order valence-corrected chi connectivity index (χ4v) is 13.1. The number of amides is 1. The fraction of sp³-hybridized carbons (Fsp3) is 0.824. The first-order valence-corrected chi connectivity index (χ1v) is 23.0. The van der Waals surface area contributed by atoms with Crippen LogP contribution >= 0.6 is 118 Å². The topological polar surface area (TPSA) is 110 Å². The number of nitrogens with zero attached hydrogens (tertiary/aromatic N) is 2. The van der Waals surface area contributed by atoms with Gasteiger partial charge in [0, 0.05) is 35.6 Å². The Hall–Kier alpha value is 2.18. The molecule has 1 unspecified atom stereocenters. The van der Waals surface area contributed by atoms with Crippen molar-refractivity contribution < 1.29 is 23.9 Å². The van der Waals surface area contributed by atoms with Crippen molar-refractivity contribution in [2.45, 2.75) is 0 Å². The zero-order valence-electron chi connectivity index (χ0n) is 19.8. The molecule has 0 rings (SSSR count). The molecule has 1 atom stereocenters. The van der Waals surface area contributed by atoms with Crippen LogP contribution in [0.4, 0.5) is 4.79 Å². The highest BCUT2D eigenvalue weighted by atomic mass is 32.3. The molecule has 0 aliphatic rings. The number of aliphatic imine (C=N–C) groups is 2. The molecule has 0 saturated heterocycles. The molecule has 2 N–H and O–H groups in total. The van der Waals surface area contributed by atoms with E-state index in [0.29, 0.717) is 22.7 Å². The summed E-state index contributed by atoms with van der Waals surface area (Å²) in [5.41, 5.74) is 1.55. The number of aliphatic hydroxyl groups excluding tert-OH is 1. The van der Waals surface area contributed by atoms with E-state index in [4.69, 9.17) is 5.11 Å². The standard InChI is InChI=1S/C17H33N3O5S11/c1-26-5-19-8-36(23)16-34-14-32-12-31-13-33-15-35-17(22)20-7-28-10-30-11-29-9-27-6-18-4-25-24-3-2-21/h4,8,21H,2-3,5-7,9-16H2,1H3,(H,20,22)/b18-4+,19-8-. The average molecular weight is 712 g/mol. The highest BCUT2D eigenvalue weighted by Crippen LogP contribution is 2.24. The third-order valence-corrected chi connectivity index (χ3v) is 15.3. The first-order chi connectivity index (χ1) is 17.7. The maximum absolute atomic E-state index is 11.8. The highest BCUT2D eigenvalue weighted by molar-refractivity contribution is 8.30. The van der Waals surface area contributed by atoms with Gasteiger partial charge < -0.3 is 15.3 Å². The van der Waals surface area contributed by atoms with Crippen LogP contribution in [0.2, 0.25) is 0 Å². The van der Waals surface area contributed by atoms with E-state index in [1.54, 1.807) is 64.4 Å². The zero-order valence-corrected chi connectivity index (χ0v) is 28.8. The van der Waals surface area contributed by atoms with Crippen molar-refractivity contribution in [3.63, 3.8) is 0 Å². The van der Waals surface area contributed by atoms with Gasteiger partial charge in [0.15, 0.2) is 0 Å². The van der Waals surface area contributed by atoms with Gasteiger partial charge in [-0.1, -0.05) is 11.8 Å². The average Bonchev–Trinajstić information content (AvgIpc) is 2.87. The lowest BCUT2D eigenvalue weighted by molar-refractivity contribution is -0.221. The van der Waals surface area contributed by atoms with Crippen molar-refractivity contribution >= 4 is 146 Å². The van der Waals surface area contributed by atoms with Gasteiger partial charge in [0.2, 0.25) is 6.40 Å². The first kappa shape index (κ1) is 38.2. The minimum atomic E-state index is -0.972. The second-order valence-electron chi connectivity index (χ2n) is 5.47. The number of hydrogen-bond acceptors (Lipinski definition) is 17. The monoisotopic (exact) mass is 711 g/mol. The molecule has 36 heavy (non-hydrogen) atoms. The lowest BCUT2D eigenvalue weighted by Gasteiger charge is -2.05. The van der Waals surface area contributed by atoms with Gasteiger partial charge in [0.05, 0.1) is 45.7 Å². The molecule has 0 saturated carbocycles. The van der Waals surface area contributed by atoms with Crippen molar-refractivity contribution in [1.82, 2.24) is 5.32 Å². The number of carbonyl (C=O) groups excluding carboxylic acids is 1. The van der Waals surface area contributed by atoms with E-state index in [1.807, 2.05) is 53.3 Å². The fourth-order valence-electron chi connectivity index (χ4n) is 1.42. The van der Waals surface area contributed by atoms with E-state index in [2.05, 4.69) is 25.1 Å². The second-order valence-corrected chi connectivity index (χ2v) is 19.3. The molecular formula is C17H33N3O5S11. The number of thioether (sulfide) groups is 10. The summed E-state index contributed by atoms with van der Waals surface area (Å²) in [5.74, 6) is 1.90. The number of carbonyl (C=O) groups is 1. The molecule has 1 amide bonds. The molecule has 0 radical (unpaired) electrons. The van der Waals surface area contributed by atoms with Crippen LogP contribution in [0.3, 0.4) is 0 Å². The largest absolute Gasteiger partial charge is 0.394 e. The molecule has 8 nitrogen and oxygen atoms in total. The first-order valence-electron chi connectivity index (χ1n) is 9.96. The molecule has 0 aliphatic carbocycles. The Morgan fingerprint density at radius 3 is 2.22 bits per heavy atom. The molecule has 0 bridgehead atoms. The van der Waals surface area contributed by atoms with E-state index < -0.39 is 10.8 Å². The van der Waals surface area contributed by atoms with Crippen LogP contribution in [0, 0.1) is 0 Å². The number of rotatable bonds is 27. The molecule has 0 aromatic rings. The van der Waals surface area contributed by atoms with Crippen molar-refractivity contribution in [3.05, 3.63) is 0 Å². The number of hydrogen-bond donors (Lipinski definition) is 2. The van der Waals surface area contributed by atoms with E-state index in [9.17, 15) is 9.00 Å². The van der Waals surface area contributed by atoms with Gasteiger partial charge in [-0.25, -0.2) is 4.99 Å². The Morgan fingerprint density at radius 1 is 0.889 bits per heavy atom. The van der Waals surface area contributed by atoms with Gasteiger partial charge >= 0.3 is 0 Å². The van der Waals surface area contributed by atoms with Crippen LogP contribution in [0.15, 0.2) is 9.98 Å². The van der Waals surface area contributed by atoms with Gasteiger partial charge in [0.25, 0.3) is 5.24 Å². The Labute approximate surface area is 260 Å². The molecule has 19 heteroatoms. The van der Waals surface area contributed by atoms with Crippen LogP contribution in [0.1, 0.15) is 0 Å². The molecule has 0 spiro atoms. The van der Waals surface area contributed by atoms with Gasteiger partial charge in [-0.3, -0.25) is 14.0 Å². The summed E-state index contributed by atoms with van der Waals surface area (Å²) in [6.07, 6.45) is 3.21. The summed E-state index contributed by atoms with van der Waals surface area (Å²) in [4.78, 5) is 29.1. The number of nitrogens with one attached hydrogen (secondary N) is 1. The molecule has 0 aromatic heterocycles. The third kappa shape index (κ3) is 32.4. The quantitative estimate of drug-likeness (QED) is 0.0262. The Kier molecular flexibility index (Phi) is 35.4. The zero-order chi connectivity index (χ0) is 26.4. The molecule has 212 valence electrons. The van der Waals surface area contributed by atoms with E-state index in [-0.39, 0.29) is 18.5 Å². The minimum absolute atomic E-state index is 0.0296. The van der Waals surface area contributed by atoms with Crippen molar-refractivity contribution in [2.75, 3.05) is 77.8 Å². The summed E-state index contributed by atoms with van der Waals surface area (Å²) in [7, 11) is -0.972. The van der Waals surface area contributed by atoms with Crippen LogP contribution in [-0.4, -0.2) is 104 Å². The summed E-state index contributed by atoms with van der Waals surface area (Å²) < 4.78 is 11.6. The molecule has 0 aliphatic heterocycles. The smallest absolute Gasteiger partial charge is 0.280 e.